The standard InChI is InChI=1S/C24H29F3N4OS/c25-24(26,27)19-5-6-21-22(15-19)28-8-7-23(21)33-14-4-2-1-3-9-31-17-20(29-18-31)16-30-10-12-32-13-11-30/h5-8,15,17-18H,1-4,9-14,16H2. The Morgan fingerprint density at radius 3 is 2.64 bits per heavy atom. The first kappa shape index (κ1) is 24.0. The zero-order valence-electron chi connectivity index (χ0n) is 18.6. The number of alkyl halides is 3. The molecular formula is C24H29F3N4OS. The van der Waals surface area contributed by atoms with Gasteiger partial charge in [0.15, 0.2) is 0 Å². The van der Waals surface area contributed by atoms with Crippen LogP contribution in [0.2, 0.25) is 0 Å². The molecule has 3 aromatic rings. The van der Waals surface area contributed by atoms with Crippen molar-refractivity contribution in [2.45, 2.75) is 49.8 Å². The summed E-state index contributed by atoms with van der Waals surface area (Å²) in [4.78, 5) is 12.0. The number of morpholine rings is 1. The summed E-state index contributed by atoms with van der Waals surface area (Å²) in [5, 5.41) is 0.781. The van der Waals surface area contributed by atoms with Crippen LogP contribution in [0.15, 0.2) is 47.9 Å². The Morgan fingerprint density at radius 1 is 1.00 bits per heavy atom. The van der Waals surface area contributed by atoms with Crippen LogP contribution in [0.25, 0.3) is 10.9 Å². The number of benzene rings is 1. The first-order chi connectivity index (χ1) is 16.0. The monoisotopic (exact) mass is 478 g/mol. The largest absolute Gasteiger partial charge is 0.416 e. The minimum atomic E-state index is -4.35. The highest BCUT2D eigenvalue weighted by Gasteiger charge is 2.30. The second-order valence-corrected chi connectivity index (χ2v) is 9.43. The molecule has 0 spiro atoms. The Hall–Kier alpha value is -2.10. The van der Waals surface area contributed by atoms with Gasteiger partial charge >= 0.3 is 6.18 Å². The van der Waals surface area contributed by atoms with Crippen LogP contribution in [0, 0.1) is 0 Å². The first-order valence-corrected chi connectivity index (χ1v) is 12.4. The Bertz CT molecular complexity index is 1030. The highest BCUT2D eigenvalue weighted by atomic mass is 32.2. The number of thioether (sulfide) groups is 1. The summed E-state index contributed by atoms with van der Waals surface area (Å²) in [5.74, 6) is 0.939. The number of unbranched alkanes of at least 4 members (excludes halogenated alkanes) is 3. The van der Waals surface area contributed by atoms with E-state index >= 15 is 0 Å². The number of ether oxygens (including phenoxy) is 1. The molecule has 0 amide bonds. The summed E-state index contributed by atoms with van der Waals surface area (Å²) >= 11 is 1.69. The maximum absolute atomic E-state index is 12.9. The number of halogens is 3. The van der Waals surface area contributed by atoms with Gasteiger partial charge in [-0.15, -0.1) is 11.8 Å². The van der Waals surface area contributed by atoms with Gasteiger partial charge in [0, 0.05) is 48.9 Å². The molecule has 0 N–H and O–H groups in total. The molecule has 5 nitrogen and oxygen atoms in total. The van der Waals surface area contributed by atoms with Gasteiger partial charge in [-0.1, -0.05) is 18.9 Å². The van der Waals surface area contributed by atoms with Crippen molar-refractivity contribution in [1.82, 2.24) is 19.4 Å². The van der Waals surface area contributed by atoms with Gasteiger partial charge in [-0.25, -0.2) is 4.98 Å². The van der Waals surface area contributed by atoms with Crippen LogP contribution in [-0.2, 0) is 24.0 Å². The van der Waals surface area contributed by atoms with E-state index in [0.29, 0.717) is 5.52 Å². The van der Waals surface area contributed by atoms with Crippen molar-refractivity contribution in [3.63, 3.8) is 0 Å². The molecule has 1 saturated heterocycles. The molecule has 0 saturated carbocycles. The predicted octanol–water partition coefficient (Wildman–Crippen LogP) is 5.64. The Labute approximate surface area is 196 Å². The second-order valence-electron chi connectivity index (χ2n) is 8.29. The lowest BCUT2D eigenvalue weighted by Crippen LogP contribution is -2.35. The summed E-state index contributed by atoms with van der Waals surface area (Å²) < 4.78 is 46.3. The van der Waals surface area contributed by atoms with E-state index in [0.717, 1.165) is 98.9 Å². The van der Waals surface area contributed by atoms with Crippen LogP contribution in [0.4, 0.5) is 13.2 Å². The summed E-state index contributed by atoms with van der Waals surface area (Å²) in [7, 11) is 0. The fourth-order valence-corrected chi connectivity index (χ4v) is 5.01. The number of hydrogen-bond acceptors (Lipinski definition) is 5. The molecule has 178 valence electrons. The number of nitrogens with zero attached hydrogens (tertiary/aromatic N) is 4. The fraction of sp³-hybridized carbons (Fsp3) is 0.500. The van der Waals surface area contributed by atoms with E-state index in [1.165, 1.54) is 6.07 Å². The van der Waals surface area contributed by atoms with Crippen LogP contribution >= 0.6 is 11.8 Å². The molecule has 1 fully saturated rings. The molecule has 4 rings (SSSR count). The van der Waals surface area contributed by atoms with Crippen LogP contribution in [0.3, 0.4) is 0 Å². The summed E-state index contributed by atoms with van der Waals surface area (Å²) in [6, 6.07) is 5.68. The fourth-order valence-electron chi connectivity index (χ4n) is 3.95. The quantitative estimate of drug-likeness (QED) is 0.279. The Morgan fingerprint density at radius 2 is 1.82 bits per heavy atom. The van der Waals surface area contributed by atoms with Gasteiger partial charge in [0.25, 0.3) is 0 Å². The van der Waals surface area contributed by atoms with Crippen molar-refractivity contribution >= 4 is 22.7 Å². The first-order valence-electron chi connectivity index (χ1n) is 11.4. The zero-order valence-corrected chi connectivity index (χ0v) is 19.4. The van der Waals surface area contributed by atoms with E-state index in [1.54, 1.807) is 18.0 Å². The van der Waals surface area contributed by atoms with E-state index < -0.39 is 11.7 Å². The highest BCUT2D eigenvalue weighted by Crippen LogP contribution is 2.34. The van der Waals surface area contributed by atoms with E-state index in [4.69, 9.17) is 4.74 Å². The number of fused-ring (bicyclic) bond motifs is 1. The van der Waals surface area contributed by atoms with Gasteiger partial charge in [-0.3, -0.25) is 9.88 Å². The molecule has 33 heavy (non-hydrogen) atoms. The number of imidazole rings is 1. The normalized spacial score (nSPS) is 15.4. The number of rotatable bonds is 10. The van der Waals surface area contributed by atoms with Gasteiger partial charge in [-0.05, 0) is 36.8 Å². The molecule has 3 heterocycles. The maximum atomic E-state index is 12.9. The number of pyridine rings is 1. The van der Waals surface area contributed by atoms with Crippen LogP contribution < -0.4 is 0 Å². The molecule has 0 atom stereocenters. The number of hydrogen-bond donors (Lipinski definition) is 0. The molecule has 0 aliphatic carbocycles. The molecule has 2 aromatic heterocycles. The van der Waals surface area contributed by atoms with Crippen molar-refractivity contribution in [2.75, 3.05) is 32.1 Å². The van der Waals surface area contributed by atoms with Crippen LogP contribution in [0.1, 0.15) is 36.9 Å². The molecule has 1 aromatic carbocycles. The third kappa shape index (κ3) is 6.94. The minimum absolute atomic E-state index is 0.392. The van der Waals surface area contributed by atoms with Gasteiger partial charge in [0.2, 0.25) is 0 Å². The smallest absolute Gasteiger partial charge is 0.379 e. The molecule has 1 aliphatic heterocycles. The Kier molecular flexibility index (Phi) is 8.27. The average Bonchev–Trinajstić information content (AvgIpc) is 3.25. The second kappa shape index (κ2) is 11.4. The topological polar surface area (TPSA) is 43.2 Å². The van der Waals surface area contributed by atoms with Crippen molar-refractivity contribution in [3.05, 3.63) is 54.2 Å². The van der Waals surface area contributed by atoms with Crippen molar-refractivity contribution in [2.24, 2.45) is 0 Å². The molecule has 0 radical (unpaired) electrons. The molecular weight excluding hydrogens is 449 g/mol. The lowest BCUT2D eigenvalue weighted by Gasteiger charge is -2.25. The molecule has 0 unspecified atom stereocenters. The SMILES string of the molecule is FC(F)(F)c1ccc2c(SCCCCCCn3cnc(CN4CCOCC4)c3)ccnc2c1. The van der Waals surface area contributed by atoms with E-state index in [-0.39, 0.29) is 0 Å². The maximum Gasteiger partial charge on any atom is 0.416 e. The van der Waals surface area contributed by atoms with Gasteiger partial charge in [0.1, 0.15) is 0 Å². The van der Waals surface area contributed by atoms with Crippen LogP contribution in [-0.4, -0.2) is 51.5 Å². The third-order valence-corrected chi connectivity index (χ3v) is 6.93. The van der Waals surface area contributed by atoms with E-state index in [1.807, 2.05) is 12.4 Å². The molecule has 1 aliphatic rings. The highest BCUT2D eigenvalue weighted by molar-refractivity contribution is 7.99. The Balaban J connectivity index is 1.15. The van der Waals surface area contributed by atoms with Crippen LogP contribution in [0.5, 0.6) is 0 Å². The average molecular weight is 479 g/mol. The summed E-state index contributed by atoms with van der Waals surface area (Å²) in [6.07, 6.45) is 5.75. The molecule has 0 bridgehead atoms. The zero-order chi connectivity index (χ0) is 23.1. The van der Waals surface area contributed by atoms with Crippen molar-refractivity contribution < 1.29 is 17.9 Å². The summed E-state index contributed by atoms with van der Waals surface area (Å²) in [6.45, 7) is 5.39. The predicted molar refractivity (Wildman–Crippen MR) is 124 cm³/mol. The van der Waals surface area contributed by atoms with Gasteiger partial charge < -0.3 is 9.30 Å². The van der Waals surface area contributed by atoms with Gasteiger partial charge in [-0.2, -0.15) is 13.2 Å². The van der Waals surface area contributed by atoms with Crippen molar-refractivity contribution in [3.8, 4) is 0 Å². The number of aromatic nitrogens is 3. The van der Waals surface area contributed by atoms with E-state index in [9.17, 15) is 13.2 Å². The lowest BCUT2D eigenvalue weighted by atomic mass is 10.1. The lowest BCUT2D eigenvalue weighted by molar-refractivity contribution is -0.137. The number of aryl methyl sites for hydroxylation is 1. The third-order valence-electron chi connectivity index (χ3n) is 5.77. The summed E-state index contributed by atoms with van der Waals surface area (Å²) in [5.41, 5.74) is 0.846. The minimum Gasteiger partial charge on any atom is -0.379 e. The van der Waals surface area contributed by atoms with Gasteiger partial charge in [0.05, 0.1) is 36.3 Å². The molecule has 9 heteroatoms. The van der Waals surface area contributed by atoms with E-state index in [2.05, 4.69) is 25.6 Å². The van der Waals surface area contributed by atoms with Crippen molar-refractivity contribution in [1.29, 1.82) is 0 Å².